The minimum absolute atomic E-state index is 0.226. The number of likely N-dealkylation sites (N-methyl/N-ethyl adjacent to an activating group) is 1. The first kappa shape index (κ1) is 17.6. The molecule has 1 aromatic heterocycles. The van der Waals surface area contributed by atoms with Crippen LogP contribution in [0.5, 0.6) is 0 Å². The highest BCUT2D eigenvalue weighted by Crippen LogP contribution is 2.48. The number of carbonyl (C=O) groups excluding carboxylic acids is 1. The molecule has 1 amide bonds. The molecule has 1 fully saturated rings. The van der Waals surface area contributed by atoms with Gasteiger partial charge in [-0.3, -0.25) is 9.69 Å². The zero-order valence-corrected chi connectivity index (χ0v) is 17.8. The summed E-state index contributed by atoms with van der Waals surface area (Å²) in [4.78, 5) is 14.3. The summed E-state index contributed by atoms with van der Waals surface area (Å²) in [5, 5.41) is 1.34. The Balaban J connectivity index is 2.01. The van der Waals surface area contributed by atoms with Gasteiger partial charge in [-0.2, -0.15) is 0 Å². The average molecular weight is 469 g/mol. The number of halogens is 2. The molecule has 25 heavy (non-hydrogen) atoms. The van der Waals surface area contributed by atoms with Crippen molar-refractivity contribution in [3.8, 4) is 0 Å². The van der Waals surface area contributed by atoms with Crippen LogP contribution in [-0.2, 0) is 17.8 Å². The first-order valence-electron chi connectivity index (χ1n) is 8.95. The lowest BCUT2D eigenvalue weighted by Crippen LogP contribution is -2.46. The summed E-state index contributed by atoms with van der Waals surface area (Å²) in [5.41, 5.74) is 10.7. The SMILES string of the molecule is CCN1CCC[C@@H]2c3cc(Br)c(Br)c4c3c(c(C)n4CC(N)=O)C[C@H]21. The summed E-state index contributed by atoms with van der Waals surface area (Å²) in [6.07, 6.45) is 3.55. The quantitative estimate of drug-likeness (QED) is 0.737. The standard InChI is InChI=1S/C19H23Br2N3O/c1-3-23-6-4-5-11-13-7-14(20)18(21)19-17(13)12(8-15(11)23)10(2)24(19)9-16(22)25/h7,11,15H,3-6,8-9H2,1-2H3,(H2,22,25)/t11-,15-/m1/s1. The molecule has 0 saturated carbocycles. The molecular formula is C19H23Br2N3O. The van der Waals surface area contributed by atoms with Gasteiger partial charge in [0, 0.05) is 27.5 Å². The molecule has 0 unspecified atom stereocenters. The number of hydrogen-bond donors (Lipinski definition) is 1. The molecule has 4 nitrogen and oxygen atoms in total. The predicted molar refractivity (Wildman–Crippen MR) is 108 cm³/mol. The second kappa shape index (κ2) is 6.39. The van der Waals surface area contributed by atoms with E-state index >= 15 is 0 Å². The van der Waals surface area contributed by atoms with Crippen molar-refractivity contribution in [2.75, 3.05) is 13.1 Å². The third-order valence-electron chi connectivity index (χ3n) is 6.07. The van der Waals surface area contributed by atoms with E-state index in [0.29, 0.717) is 12.0 Å². The first-order valence-corrected chi connectivity index (χ1v) is 10.5. The number of nitrogens with two attached hydrogens (primary N) is 1. The van der Waals surface area contributed by atoms with Crippen molar-refractivity contribution in [2.45, 2.75) is 51.6 Å². The Morgan fingerprint density at radius 1 is 1.40 bits per heavy atom. The van der Waals surface area contributed by atoms with Crippen LogP contribution in [0.25, 0.3) is 10.9 Å². The monoisotopic (exact) mass is 467 g/mol. The van der Waals surface area contributed by atoms with E-state index in [1.807, 2.05) is 0 Å². The van der Waals surface area contributed by atoms with Gasteiger partial charge in [0.15, 0.2) is 0 Å². The average Bonchev–Trinajstić information content (AvgIpc) is 2.85. The minimum atomic E-state index is -0.299. The summed E-state index contributed by atoms with van der Waals surface area (Å²) in [7, 11) is 0. The molecule has 6 heteroatoms. The molecular weight excluding hydrogens is 446 g/mol. The van der Waals surface area contributed by atoms with Crippen LogP contribution >= 0.6 is 31.9 Å². The van der Waals surface area contributed by atoms with Crippen molar-refractivity contribution in [3.05, 3.63) is 31.8 Å². The summed E-state index contributed by atoms with van der Waals surface area (Å²) in [5.74, 6) is 0.267. The van der Waals surface area contributed by atoms with Crippen molar-refractivity contribution in [2.24, 2.45) is 5.73 Å². The van der Waals surface area contributed by atoms with Gasteiger partial charge in [0.1, 0.15) is 6.54 Å². The molecule has 2 aliphatic rings. The van der Waals surface area contributed by atoms with Gasteiger partial charge in [-0.15, -0.1) is 0 Å². The third kappa shape index (κ3) is 2.60. The molecule has 0 radical (unpaired) electrons. The number of fused-ring (bicyclic) bond motifs is 2. The van der Waals surface area contributed by atoms with Gasteiger partial charge >= 0.3 is 0 Å². The Morgan fingerprint density at radius 2 is 2.16 bits per heavy atom. The van der Waals surface area contributed by atoms with E-state index in [4.69, 9.17) is 5.73 Å². The Morgan fingerprint density at radius 3 is 2.84 bits per heavy atom. The number of amides is 1. The number of nitrogens with zero attached hydrogens (tertiary/aromatic N) is 2. The second-order valence-corrected chi connectivity index (χ2v) is 8.90. The number of aromatic nitrogens is 1. The van der Waals surface area contributed by atoms with Gasteiger partial charge in [-0.1, -0.05) is 6.92 Å². The van der Waals surface area contributed by atoms with Crippen LogP contribution in [-0.4, -0.2) is 34.5 Å². The Kier molecular flexibility index (Phi) is 4.49. The van der Waals surface area contributed by atoms with E-state index in [9.17, 15) is 4.79 Å². The van der Waals surface area contributed by atoms with E-state index in [2.05, 4.69) is 61.2 Å². The fraction of sp³-hybridized carbons (Fsp3) is 0.526. The Bertz CT molecular complexity index is 874. The molecule has 0 bridgehead atoms. The Labute approximate surface area is 165 Å². The van der Waals surface area contributed by atoms with E-state index in [-0.39, 0.29) is 12.5 Å². The fourth-order valence-corrected chi connectivity index (χ4v) is 5.93. The van der Waals surface area contributed by atoms with E-state index in [0.717, 1.165) is 27.4 Å². The Hall–Kier alpha value is -0.850. The normalized spacial score (nSPS) is 23.0. The molecule has 1 aliphatic carbocycles. The van der Waals surface area contributed by atoms with Crippen molar-refractivity contribution in [3.63, 3.8) is 0 Å². The van der Waals surface area contributed by atoms with Crippen LogP contribution in [0, 0.1) is 6.92 Å². The van der Waals surface area contributed by atoms with Gasteiger partial charge in [0.2, 0.25) is 5.91 Å². The molecule has 2 aromatic rings. The molecule has 1 saturated heterocycles. The van der Waals surface area contributed by atoms with Crippen LogP contribution < -0.4 is 5.73 Å². The molecule has 134 valence electrons. The zero-order chi connectivity index (χ0) is 17.9. The number of piperidine rings is 1. The zero-order valence-electron chi connectivity index (χ0n) is 14.6. The van der Waals surface area contributed by atoms with Crippen LogP contribution in [0.2, 0.25) is 0 Å². The molecule has 0 spiro atoms. The van der Waals surface area contributed by atoms with E-state index in [1.165, 1.54) is 41.6 Å². The lowest BCUT2D eigenvalue weighted by Gasteiger charge is -2.44. The molecule has 4 rings (SSSR count). The number of likely N-dealkylation sites (tertiary alicyclic amines) is 1. The van der Waals surface area contributed by atoms with E-state index in [1.54, 1.807) is 0 Å². The summed E-state index contributed by atoms with van der Waals surface area (Å²) in [6, 6.07) is 2.85. The highest BCUT2D eigenvalue weighted by atomic mass is 79.9. The van der Waals surface area contributed by atoms with Gasteiger partial charge in [-0.25, -0.2) is 0 Å². The van der Waals surface area contributed by atoms with Crippen LogP contribution in [0.3, 0.4) is 0 Å². The first-order chi connectivity index (χ1) is 11.9. The highest BCUT2D eigenvalue weighted by molar-refractivity contribution is 9.13. The van der Waals surface area contributed by atoms with Gasteiger partial charge in [0.25, 0.3) is 0 Å². The molecule has 2 N–H and O–H groups in total. The van der Waals surface area contributed by atoms with Gasteiger partial charge in [0.05, 0.1) is 9.99 Å². The number of hydrogen-bond acceptors (Lipinski definition) is 2. The maximum Gasteiger partial charge on any atom is 0.237 e. The van der Waals surface area contributed by atoms with Crippen molar-refractivity contribution >= 4 is 48.7 Å². The molecule has 2 atom stereocenters. The largest absolute Gasteiger partial charge is 0.368 e. The number of carbonyl (C=O) groups is 1. The minimum Gasteiger partial charge on any atom is -0.368 e. The lowest BCUT2D eigenvalue weighted by atomic mass is 9.74. The van der Waals surface area contributed by atoms with Crippen molar-refractivity contribution in [1.29, 1.82) is 0 Å². The third-order valence-corrected chi connectivity index (χ3v) is 8.03. The topological polar surface area (TPSA) is 51.3 Å². The van der Waals surface area contributed by atoms with Gasteiger partial charge < -0.3 is 10.3 Å². The molecule has 2 heterocycles. The summed E-state index contributed by atoms with van der Waals surface area (Å²) < 4.78 is 4.17. The highest BCUT2D eigenvalue weighted by Gasteiger charge is 2.39. The number of rotatable bonds is 3. The van der Waals surface area contributed by atoms with Gasteiger partial charge in [-0.05, 0) is 88.3 Å². The number of primary amides is 1. The van der Waals surface area contributed by atoms with Crippen molar-refractivity contribution in [1.82, 2.24) is 9.47 Å². The second-order valence-electron chi connectivity index (χ2n) is 7.25. The van der Waals surface area contributed by atoms with Crippen LogP contribution in [0.15, 0.2) is 15.0 Å². The van der Waals surface area contributed by atoms with Crippen molar-refractivity contribution < 1.29 is 4.79 Å². The summed E-state index contributed by atoms with van der Waals surface area (Å²) >= 11 is 7.46. The molecule has 1 aromatic carbocycles. The van der Waals surface area contributed by atoms with Crippen LogP contribution in [0.1, 0.15) is 42.5 Å². The molecule has 1 aliphatic heterocycles. The smallest absolute Gasteiger partial charge is 0.237 e. The van der Waals surface area contributed by atoms with E-state index < -0.39 is 0 Å². The summed E-state index contributed by atoms with van der Waals surface area (Å²) in [6.45, 7) is 6.90. The van der Waals surface area contributed by atoms with Crippen LogP contribution in [0.4, 0.5) is 0 Å². The lowest BCUT2D eigenvalue weighted by molar-refractivity contribution is -0.118. The fourth-order valence-electron chi connectivity index (χ4n) is 4.97. The number of benzene rings is 1. The maximum atomic E-state index is 11.7. The predicted octanol–water partition coefficient (Wildman–Crippen LogP) is 4.08. The maximum absolute atomic E-state index is 11.7.